The lowest BCUT2D eigenvalue weighted by Crippen LogP contribution is -2.61. The molecule has 8 atom stereocenters. The van der Waals surface area contributed by atoms with Crippen LogP contribution in [0.5, 0.6) is 0 Å². The normalized spacial score (nSPS) is 15.1. The van der Waals surface area contributed by atoms with Crippen LogP contribution in [0, 0.1) is 29.6 Å². The monoisotopic (exact) mass is 928 g/mol. The van der Waals surface area contributed by atoms with Crippen LogP contribution in [0.25, 0.3) is 0 Å². The largest absolute Gasteiger partial charge is 0.345 e. The van der Waals surface area contributed by atoms with Gasteiger partial charge in [-0.15, -0.1) is 0 Å². The number of hydrogen-bond donors (Lipinski definition) is 12. The van der Waals surface area contributed by atoms with Crippen molar-refractivity contribution in [3.05, 3.63) is 0 Å². The highest BCUT2D eigenvalue weighted by Gasteiger charge is 2.35. The number of amides is 9. The molecule has 64 heavy (non-hydrogen) atoms. The topological polar surface area (TPSA) is 331 Å². The molecule has 9 amide bonds. The van der Waals surface area contributed by atoms with Crippen molar-refractivity contribution in [2.24, 2.45) is 41.1 Å². The summed E-state index contributed by atoms with van der Waals surface area (Å²) in [4.78, 5) is 129. The maximum Gasteiger partial charge on any atom is 0.243 e. The summed E-state index contributed by atoms with van der Waals surface area (Å²) in [6, 6.07) is -8.33. The molecule has 0 fully saturated rings. The first-order chi connectivity index (χ1) is 29.8. The fraction of sp³-hybridized carbons (Fsp3) is 0.762. The molecule has 0 aromatic carbocycles. The van der Waals surface area contributed by atoms with Crippen LogP contribution in [0.15, 0.2) is 0 Å². The van der Waals surface area contributed by atoms with E-state index < -0.39 is 132 Å². The van der Waals surface area contributed by atoms with Crippen molar-refractivity contribution in [2.75, 3.05) is 25.4 Å². The number of carbonyl (C=O) groups excluding carboxylic acids is 10. The quantitative estimate of drug-likeness (QED) is 0.0209. The minimum Gasteiger partial charge on any atom is -0.345 e. The molecule has 0 bridgehead atoms. The average Bonchev–Trinajstić information content (AvgIpc) is 3.21. The number of unbranched alkanes of at least 4 members (excludes halogenated alkanes) is 1. The third-order valence-electron chi connectivity index (χ3n) is 10.0. The number of aldehydes is 1. The van der Waals surface area contributed by atoms with E-state index >= 15 is 0 Å². The summed E-state index contributed by atoms with van der Waals surface area (Å²) in [7, 11) is 0. The van der Waals surface area contributed by atoms with E-state index in [1.807, 2.05) is 13.8 Å². The summed E-state index contributed by atoms with van der Waals surface area (Å²) in [5.41, 5.74) is 11.6. The van der Waals surface area contributed by atoms with E-state index in [2.05, 4.69) is 60.5 Å². The molecule has 21 nitrogen and oxygen atoms in total. The van der Waals surface area contributed by atoms with Crippen LogP contribution in [-0.2, 0) is 47.9 Å². The van der Waals surface area contributed by atoms with E-state index in [9.17, 15) is 47.9 Å². The molecule has 0 saturated heterocycles. The van der Waals surface area contributed by atoms with Gasteiger partial charge in [0.05, 0.1) is 25.2 Å². The van der Waals surface area contributed by atoms with E-state index in [0.29, 0.717) is 32.1 Å². The fourth-order valence-corrected chi connectivity index (χ4v) is 6.23. The molecule has 0 unspecified atom stereocenters. The van der Waals surface area contributed by atoms with Crippen LogP contribution in [-0.4, -0.2) is 133 Å². The van der Waals surface area contributed by atoms with Crippen LogP contribution in [0.1, 0.15) is 102 Å². The standard InChI is InChI=1S/C42H77N11O10S/c1-21(2)16-28(49-37(58)27(44)14-12-13-15-43)39(60)51-34(24(7)8)41(62)53-35(25(9)10)42(63)52-33(23(5)6)40(61)46-17-31(55)47-26(11)36(57)50-30(20-64)38(59)45-18-32(56)48-29(19-54)22(3)4/h19,21-30,33-35,64H,12-18,20,43-44H2,1-11H3,(H,45,59)(H,46,61)(H,47,55)(H,48,56)(H,49,58)(H,50,57)(H,51,60)(H,52,63)(H,53,62)/t26-,27-,28-,29+,30-,33-,34-,35-/m0/s1. The van der Waals surface area contributed by atoms with Crippen molar-refractivity contribution >= 4 is 72.1 Å². The average molecular weight is 928 g/mol. The second-order valence-electron chi connectivity index (χ2n) is 17.7. The van der Waals surface area contributed by atoms with Gasteiger partial charge in [0.15, 0.2) is 0 Å². The minimum atomic E-state index is -1.18. The molecular formula is C42H77N11O10S. The Morgan fingerprint density at radius 3 is 1.41 bits per heavy atom. The predicted molar refractivity (Wildman–Crippen MR) is 245 cm³/mol. The molecule has 0 aromatic heterocycles. The Hall–Kier alpha value is -4.83. The molecule has 22 heteroatoms. The second kappa shape index (κ2) is 30.3. The van der Waals surface area contributed by atoms with E-state index in [1.165, 1.54) is 6.92 Å². The molecular weight excluding hydrogens is 851 g/mol. The van der Waals surface area contributed by atoms with Crippen LogP contribution in [0.2, 0.25) is 0 Å². The van der Waals surface area contributed by atoms with Gasteiger partial charge in [-0.2, -0.15) is 12.6 Å². The first kappa shape index (κ1) is 59.2. The summed E-state index contributed by atoms with van der Waals surface area (Å²) in [6.07, 6.45) is 2.60. The lowest BCUT2D eigenvalue weighted by molar-refractivity contribution is -0.136. The van der Waals surface area contributed by atoms with Gasteiger partial charge in [-0.3, -0.25) is 43.2 Å². The zero-order chi connectivity index (χ0) is 49.4. The predicted octanol–water partition coefficient (Wildman–Crippen LogP) is -2.11. The Bertz CT molecular complexity index is 1580. The van der Waals surface area contributed by atoms with Gasteiger partial charge in [0.2, 0.25) is 53.2 Å². The highest BCUT2D eigenvalue weighted by molar-refractivity contribution is 7.80. The molecule has 0 aliphatic rings. The van der Waals surface area contributed by atoms with Crippen molar-refractivity contribution in [3.63, 3.8) is 0 Å². The third-order valence-corrected chi connectivity index (χ3v) is 10.4. The van der Waals surface area contributed by atoms with E-state index in [1.54, 1.807) is 55.4 Å². The smallest absolute Gasteiger partial charge is 0.243 e. The summed E-state index contributed by atoms with van der Waals surface area (Å²) in [5, 5.41) is 23.0. The highest BCUT2D eigenvalue weighted by Crippen LogP contribution is 2.12. The molecule has 0 radical (unpaired) electrons. The maximum atomic E-state index is 13.7. The Morgan fingerprint density at radius 2 is 0.969 bits per heavy atom. The zero-order valence-electron chi connectivity index (χ0n) is 39.4. The van der Waals surface area contributed by atoms with Gasteiger partial charge in [0.1, 0.15) is 42.5 Å². The molecule has 0 aliphatic heterocycles. The molecule has 0 aliphatic carbocycles. The van der Waals surface area contributed by atoms with E-state index in [0.717, 1.165) is 0 Å². The van der Waals surface area contributed by atoms with Crippen molar-refractivity contribution in [3.8, 4) is 0 Å². The van der Waals surface area contributed by atoms with Crippen LogP contribution < -0.4 is 59.3 Å². The molecule has 366 valence electrons. The Morgan fingerprint density at radius 1 is 0.516 bits per heavy atom. The molecule has 0 spiro atoms. The highest BCUT2D eigenvalue weighted by atomic mass is 32.1. The lowest BCUT2D eigenvalue weighted by Gasteiger charge is -2.30. The first-order valence-electron chi connectivity index (χ1n) is 22.0. The maximum absolute atomic E-state index is 13.7. The number of nitrogens with one attached hydrogen (secondary N) is 9. The number of carbonyl (C=O) groups is 10. The van der Waals surface area contributed by atoms with Gasteiger partial charge in [-0.25, -0.2) is 0 Å². The van der Waals surface area contributed by atoms with Gasteiger partial charge >= 0.3 is 0 Å². The second-order valence-corrected chi connectivity index (χ2v) is 18.1. The SMILES string of the molecule is CC(C)C[C@H](NC(=O)[C@@H](N)CCCCN)C(=O)N[C@H](C(=O)N[C@H](C(=O)N[C@H](C(=O)NCC(=O)N[C@@H](C)C(=O)N[C@@H](CS)C(=O)NCC(=O)N[C@H](C=O)C(C)C)C(C)C)C(C)C)C(C)C. The van der Waals surface area contributed by atoms with Crippen molar-refractivity contribution in [1.29, 1.82) is 0 Å². The molecule has 0 heterocycles. The Labute approximate surface area is 383 Å². The van der Waals surface area contributed by atoms with E-state index in [4.69, 9.17) is 11.5 Å². The summed E-state index contributed by atoms with van der Waals surface area (Å²) in [5.74, 6) is -7.75. The number of rotatable bonds is 30. The number of thiol groups is 1. The van der Waals surface area contributed by atoms with Gasteiger partial charge < -0.3 is 64.1 Å². The summed E-state index contributed by atoms with van der Waals surface area (Å²) < 4.78 is 0. The Balaban J connectivity index is 5.57. The molecule has 0 rings (SSSR count). The zero-order valence-corrected chi connectivity index (χ0v) is 40.3. The minimum absolute atomic E-state index is 0.00228. The lowest BCUT2D eigenvalue weighted by atomic mass is 9.97. The van der Waals surface area contributed by atoms with Crippen LogP contribution in [0.3, 0.4) is 0 Å². The number of nitrogens with two attached hydrogens (primary N) is 2. The van der Waals surface area contributed by atoms with Crippen LogP contribution in [0.4, 0.5) is 0 Å². The van der Waals surface area contributed by atoms with Crippen molar-refractivity contribution in [2.45, 2.75) is 150 Å². The third kappa shape index (κ3) is 22.2. The molecule has 13 N–H and O–H groups in total. The van der Waals surface area contributed by atoms with Gasteiger partial charge in [-0.1, -0.05) is 75.7 Å². The van der Waals surface area contributed by atoms with Crippen molar-refractivity contribution < 1.29 is 47.9 Å². The van der Waals surface area contributed by atoms with Gasteiger partial charge in [0, 0.05) is 5.75 Å². The van der Waals surface area contributed by atoms with Gasteiger partial charge in [0.25, 0.3) is 0 Å². The summed E-state index contributed by atoms with van der Waals surface area (Å²) >= 11 is 4.09. The summed E-state index contributed by atoms with van der Waals surface area (Å²) in [6.45, 7) is 18.1. The number of hydrogen-bond acceptors (Lipinski definition) is 13. The fourth-order valence-electron chi connectivity index (χ4n) is 5.98. The van der Waals surface area contributed by atoms with Crippen molar-refractivity contribution in [1.82, 2.24) is 47.9 Å². The van der Waals surface area contributed by atoms with Gasteiger partial charge in [-0.05, 0) is 62.3 Å². The molecule has 0 aromatic rings. The van der Waals surface area contributed by atoms with Crippen LogP contribution >= 0.6 is 12.6 Å². The first-order valence-corrected chi connectivity index (χ1v) is 22.6. The van der Waals surface area contributed by atoms with E-state index in [-0.39, 0.29) is 24.0 Å². The molecule has 0 saturated carbocycles. The Kier molecular flexibility index (Phi) is 28.0.